The van der Waals surface area contributed by atoms with Crippen LogP contribution in [0.3, 0.4) is 0 Å². The van der Waals surface area contributed by atoms with Gasteiger partial charge < -0.3 is 15.4 Å². The van der Waals surface area contributed by atoms with Crippen LogP contribution >= 0.6 is 0 Å². The Morgan fingerprint density at radius 3 is 2.75 bits per heavy atom. The SMILES string of the molecule is COCCC(N)C(=O)N1CCC(C)C(C)C1. The van der Waals surface area contributed by atoms with Crippen LogP contribution in [0.25, 0.3) is 0 Å². The van der Waals surface area contributed by atoms with E-state index < -0.39 is 6.04 Å². The Morgan fingerprint density at radius 1 is 1.50 bits per heavy atom. The number of methoxy groups -OCH3 is 1. The molecular weight excluding hydrogens is 204 g/mol. The molecule has 3 unspecified atom stereocenters. The van der Waals surface area contributed by atoms with Crippen molar-refractivity contribution >= 4 is 5.91 Å². The van der Waals surface area contributed by atoms with Crippen molar-refractivity contribution in [2.75, 3.05) is 26.8 Å². The highest BCUT2D eigenvalue weighted by Crippen LogP contribution is 2.22. The molecule has 1 aliphatic heterocycles. The molecule has 0 aromatic heterocycles. The highest BCUT2D eigenvalue weighted by atomic mass is 16.5. The van der Waals surface area contributed by atoms with Crippen molar-refractivity contribution in [3.05, 3.63) is 0 Å². The minimum Gasteiger partial charge on any atom is -0.385 e. The van der Waals surface area contributed by atoms with Crippen molar-refractivity contribution in [3.8, 4) is 0 Å². The minimum absolute atomic E-state index is 0.0794. The number of hydrogen-bond donors (Lipinski definition) is 1. The average Bonchev–Trinajstić information content (AvgIpc) is 2.28. The van der Waals surface area contributed by atoms with Gasteiger partial charge in [-0.15, -0.1) is 0 Å². The molecular formula is C12H24N2O2. The maximum atomic E-state index is 12.0. The molecule has 0 radical (unpaired) electrons. The first-order chi connectivity index (χ1) is 7.56. The van der Waals surface area contributed by atoms with Gasteiger partial charge in [0.05, 0.1) is 6.04 Å². The van der Waals surface area contributed by atoms with E-state index in [-0.39, 0.29) is 5.91 Å². The fourth-order valence-corrected chi connectivity index (χ4v) is 2.07. The van der Waals surface area contributed by atoms with E-state index in [2.05, 4.69) is 13.8 Å². The molecule has 1 aliphatic rings. The Balaban J connectivity index is 2.42. The molecule has 0 spiro atoms. The van der Waals surface area contributed by atoms with Gasteiger partial charge in [0.15, 0.2) is 0 Å². The molecule has 1 heterocycles. The Kier molecular flexibility index (Phi) is 5.22. The third-order valence-electron chi connectivity index (χ3n) is 3.60. The van der Waals surface area contributed by atoms with Gasteiger partial charge in [-0.2, -0.15) is 0 Å². The number of ether oxygens (including phenoxy) is 1. The van der Waals surface area contributed by atoms with E-state index >= 15 is 0 Å². The lowest BCUT2D eigenvalue weighted by Gasteiger charge is -2.36. The maximum absolute atomic E-state index is 12.0. The maximum Gasteiger partial charge on any atom is 0.239 e. The third kappa shape index (κ3) is 3.46. The van der Waals surface area contributed by atoms with Crippen LogP contribution in [-0.2, 0) is 9.53 Å². The van der Waals surface area contributed by atoms with Crippen LogP contribution in [0.5, 0.6) is 0 Å². The van der Waals surface area contributed by atoms with Crippen molar-refractivity contribution in [2.24, 2.45) is 17.6 Å². The Labute approximate surface area is 98.1 Å². The number of carbonyl (C=O) groups is 1. The van der Waals surface area contributed by atoms with Crippen LogP contribution < -0.4 is 5.73 Å². The normalized spacial score (nSPS) is 27.9. The fraction of sp³-hybridized carbons (Fsp3) is 0.917. The van der Waals surface area contributed by atoms with E-state index in [1.165, 1.54) is 0 Å². The third-order valence-corrected chi connectivity index (χ3v) is 3.60. The molecule has 1 amide bonds. The lowest BCUT2D eigenvalue weighted by molar-refractivity contribution is -0.135. The molecule has 0 aromatic carbocycles. The van der Waals surface area contributed by atoms with Crippen LogP contribution in [0.1, 0.15) is 26.7 Å². The molecule has 16 heavy (non-hydrogen) atoms. The first kappa shape index (κ1) is 13.5. The monoisotopic (exact) mass is 228 g/mol. The van der Waals surface area contributed by atoms with Crippen molar-refractivity contribution in [3.63, 3.8) is 0 Å². The lowest BCUT2D eigenvalue weighted by atomic mass is 9.88. The molecule has 0 bridgehead atoms. The van der Waals surface area contributed by atoms with Crippen LogP contribution in [-0.4, -0.2) is 43.7 Å². The topological polar surface area (TPSA) is 55.6 Å². The summed E-state index contributed by atoms with van der Waals surface area (Å²) in [6, 6.07) is -0.402. The lowest BCUT2D eigenvalue weighted by Crippen LogP contribution is -2.49. The molecule has 2 N–H and O–H groups in total. The predicted molar refractivity (Wildman–Crippen MR) is 64.0 cm³/mol. The molecule has 1 rings (SSSR count). The summed E-state index contributed by atoms with van der Waals surface area (Å²) >= 11 is 0. The van der Waals surface area contributed by atoms with Crippen molar-refractivity contribution < 1.29 is 9.53 Å². The average molecular weight is 228 g/mol. The van der Waals surface area contributed by atoms with Gasteiger partial charge in [0.2, 0.25) is 5.91 Å². The van der Waals surface area contributed by atoms with Gasteiger partial charge in [-0.3, -0.25) is 4.79 Å². The first-order valence-electron chi connectivity index (χ1n) is 6.09. The zero-order valence-corrected chi connectivity index (χ0v) is 10.6. The van der Waals surface area contributed by atoms with Crippen molar-refractivity contribution in [2.45, 2.75) is 32.7 Å². The number of nitrogens with zero attached hydrogens (tertiary/aromatic N) is 1. The summed E-state index contributed by atoms with van der Waals surface area (Å²) in [6.45, 7) is 6.69. The second-order valence-corrected chi connectivity index (χ2v) is 4.92. The Hall–Kier alpha value is -0.610. The molecule has 4 heteroatoms. The van der Waals surface area contributed by atoms with E-state index in [0.29, 0.717) is 24.9 Å². The minimum atomic E-state index is -0.402. The number of piperidine rings is 1. The van der Waals surface area contributed by atoms with E-state index in [1.54, 1.807) is 7.11 Å². The predicted octanol–water partition coefficient (Wildman–Crippen LogP) is 0.855. The summed E-state index contributed by atoms with van der Waals surface area (Å²) in [6.07, 6.45) is 1.69. The number of rotatable bonds is 4. The number of hydrogen-bond acceptors (Lipinski definition) is 3. The van der Waals surface area contributed by atoms with Gasteiger partial charge in [-0.05, 0) is 24.7 Å². The molecule has 1 saturated heterocycles. The van der Waals surface area contributed by atoms with Crippen molar-refractivity contribution in [1.82, 2.24) is 4.90 Å². The number of likely N-dealkylation sites (tertiary alicyclic amines) is 1. The number of nitrogens with two attached hydrogens (primary N) is 1. The quantitative estimate of drug-likeness (QED) is 0.776. The van der Waals surface area contributed by atoms with Gasteiger partial charge in [-0.1, -0.05) is 13.8 Å². The molecule has 0 aliphatic carbocycles. The summed E-state index contributed by atoms with van der Waals surface area (Å²) in [4.78, 5) is 13.9. The smallest absolute Gasteiger partial charge is 0.239 e. The van der Waals surface area contributed by atoms with Gasteiger partial charge in [0.1, 0.15) is 0 Å². The molecule has 0 saturated carbocycles. The van der Waals surface area contributed by atoms with Crippen LogP contribution in [0.15, 0.2) is 0 Å². The Bertz CT molecular complexity index is 233. The van der Waals surface area contributed by atoms with E-state index in [1.807, 2.05) is 4.90 Å². The molecule has 94 valence electrons. The highest BCUT2D eigenvalue weighted by molar-refractivity contribution is 5.81. The molecule has 3 atom stereocenters. The second kappa shape index (κ2) is 6.21. The molecule has 1 fully saturated rings. The zero-order valence-electron chi connectivity index (χ0n) is 10.6. The summed E-state index contributed by atoms with van der Waals surface area (Å²) in [5.41, 5.74) is 5.84. The molecule has 0 aromatic rings. The standard InChI is InChI=1S/C12H24N2O2/c1-9-4-6-14(8-10(9)2)12(15)11(13)5-7-16-3/h9-11H,4-8,13H2,1-3H3. The Morgan fingerprint density at radius 2 is 2.19 bits per heavy atom. The highest BCUT2D eigenvalue weighted by Gasteiger charge is 2.28. The zero-order chi connectivity index (χ0) is 12.1. The van der Waals surface area contributed by atoms with E-state index in [0.717, 1.165) is 19.5 Å². The van der Waals surface area contributed by atoms with Gasteiger partial charge in [0, 0.05) is 26.8 Å². The van der Waals surface area contributed by atoms with Gasteiger partial charge in [-0.25, -0.2) is 0 Å². The summed E-state index contributed by atoms with van der Waals surface area (Å²) in [5, 5.41) is 0. The van der Waals surface area contributed by atoms with Gasteiger partial charge >= 0.3 is 0 Å². The van der Waals surface area contributed by atoms with Gasteiger partial charge in [0.25, 0.3) is 0 Å². The second-order valence-electron chi connectivity index (χ2n) is 4.92. The van der Waals surface area contributed by atoms with E-state index in [4.69, 9.17) is 10.5 Å². The largest absolute Gasteiger partial charge is 0.385 e. The first-order valence-corrected chi connectivity index (χ1v) is 6.09. The summed E-state index contributed by atoms with van der Waals surface area (Å²) in [5.74, 6) is 1.36. The van der Waals surface area contributed by atoms with Crippen molar-refractivity contribution in [1.29, 1.82) is 0 Å². The molecule has 4 nitrogen and oxygen atoms in total. The van der Waals surface area contributed by atoms with Crippen LogP contribution in [0, 0.1) is 11.8 Å². The summed E-state index contributed by atoms with van der Waals surface area (Å²) in [7, 11) is 1.63. The summed E-state index contributed by atoms with van der Waals surface area (Å²) < 4.78 is 4.94. The van der Waals surface area contributed by atoms with Crippen LogP contribution in [0.2, 0.25) is 0 Å². The number of carbonyl (C=O) groups excluding carboxylic acids is 1. The van der Waals surface area contributed by atoms with E-state index in [9.17, 15) is 4.79 Å². The van der Waals surface area contributed by atoms with Crippen LogP contribution in [0.4, 0.5) is 0 Å². The fourth-order valence-electron chi connectivity index (χ4n) is 2.07. The number of amides is 1.